The molecule has 3 rings (SSSR count). The van der Waals surface area contributed by atoms with Crippen molar-refractivity contribution >= 4 is 11.3 Å². The minimum atomic E-state index is -0.551. The van der Waals surface area contributed by atoms with E-state index in [1.807, 2.05) is 13.8 Å². The van der Waals surface area contributed by atoms with E-state index in [1.54, 1.807) is 11.3 Å². The van der Waals surface area contributed by atoms with Gasteiger partial charge in [-0.05, 0) is 50.8 Å². The number of halogens is 2. The summed E-state index contributed by atoms with van der Waals surface area (Å²) in [6.07, 6.45) is 3.24. The second kappa shape index (κ2) is 5.81. The molecule has 0 amide bonds. The van der Waals surface area contributed by atoms with Crippen LogP contribution in [0.1, 0.15) is 47.5 Å². The average molecular weight is 308 g/mol. The highest BCUT2D eigenvalue weighted by atomic mass is 32.1. The molecule has 1 heterocycles. The van der Waals surface area contributed by atoms with Gasteiger partial charge in [-0.15, -0.1) is 11.3 Å². The van der Waals surface area contributed by atoms with Crippen LogP contribution in [0.2, 0.25) is 0 Å². The van der Waals surface area contributed by atoms with E-state index < -0.39 is 11.6 Å². The van der Waals surface area contributed by atoms with Gasteiger partial charge in [0, 0.05) is 17.0 Å². The monoisotopic (exact) mass is 308 g/mol. The van der Waals surface area contributed by atoms with Crippen molar-refractivity contribution in [2.24, 2.45) is 0 Å². The molecule has 1 N–H and O–H groups in total. The third kappa shape index (κ3) is 3.14. The number of rotatable bonds is 4. The molecule has 1 atom stereocenters. The van der Waals surface area contributed by atoms with Gasteiger partial charge >= 0.3 is 0 Å². The molecule has 0 fully saturated rings. The van der Waals surface area contributed by atoms with E-state index in [4.69, 9.17) is 4.98 Å². The number of nitrogens with zero attached hydrogens (tertiary/aromatic N) is 1. The summed E-state index contributed by atoms with van der Waals surface area (Å²) in [5, 5.41) is 4.27. The van der Waals surface area contributed by atoms with Crippen molar-refractivity contribution < 1.29 is 8.78 Å². The maximum Gasteiger partial charge on any atom is 0.126 e. The van der Waals surface area contributed by atoms with Crippen LogP contribution in [-0.4, -0.2) is 11.0 Å². The molecular weight excluding hydrogens is 290 g/mol. The molecule has 0 bridgehead atoms. The van der Waals surface area contributed by atoms with Crippen LogP contribution in [0, 0.1) is 11.6 Å². The van der Waals surface area contributed by atoms with Crippen LogP contribution in [0.5, 0.6) is 0 Å². The number of hydrogen-bond acceptors (Lipinski definition) is 3. The summed E-state index contributed by atoms with van der Waals surface area (Å²) in [6, 6.07) is 3.61. The first-order valence-corrected chi connectivity index (χ1v) is 8.05. The van der Waals surface area contributed by atoms with Gasteiger partial charge < -0.3 is 5.32 Å². The first-order chi connectivity index (χ1) is 10.0. The maximum absolute atomic E-state index is 13.5. The molecule has 1 aromatic heterocycles. The summed E-state index contributed by atoms with van der Waals surface area (Å²) < 4.78 is 27.0. The molecular formula is C16H18F2N2S. The summed E-state index contributed by atoms with van der Waals surface area (Å²) in [5.41, 5.74) is 1.75. The quantitative estimate of drug-likeness (QED) is 0.923. The first-order valence-electron chi connectivity index (χ1n) is 7.23. The molecule has 5 heteroatoms. The molecule has 2 nitrogen and oxygen atoms in total. The molecule has 0 spiro atoms. The van der Waals surface area contributed by atoms with Crippen LogP contribution < -0.4 is 5.32 Å². The van der Waals surface area contributed by atoms with Crippen molar-refractivity contribution in [2.75, 3.05) is 0 Å². The Balaban J connectivity index is 2.00. The van der Waals surface area contributed by atoms with Crippen molar-refractivity contribution in [1.82, 2.24) is 10.3 Å². The number of hydrogen-bond donors (Lipinski definition) is 1. The second-order valence-corrected chi connectivity index (χ2v) is 6.85. The van der Waals surface area contributed by atoms with Gasteiger partial charge in [0.1, 0.15) is 16.6 Å². The lowest BCUT2D eigenvalue weighted by Crippen LogP contribution is -2.29. The highest BCUT2D eigenvalue weighted by molar-refractivity contribution is 7.11. The van der Waals surface area contributed by atoms with Gasteiger partial charge in [0.25, 0.3) is 0 Å². The number of nitrogens with one attached hydrogen (secondary N) is 1. The zero-order valence-corrected chi connectivity index (χ0v) is 12.9. The summed E-state index contributed by atoms with van der Waals surface area (Å²) >= 11 is 1.66. The molecule has 0 saturated heterocycles. The van der Waals surface area contributed by atoms with Crippen molar-refractivity contribution in [3.05, 3.63) is 51.0 Å². The Morgan fingerprint density at radius 3 is 2.48 bits per heavy atom. The van der Waals surface area contributed by atoms with E-state index >= 15 is 0 Å². The van der Waals surface area contributed by atoms with Gasteiger partial charge in [0.15, 0.2) is 0 Å². The third-order valence-corrected chi connectivity index (χ3v) is 4.80. The van der Waals surface area contributed by atoms with Gasteiger partial charge in [-0.2, -0.15) is 0 Å². The Bertz CT molecular complexity index is 610. The number of aryl methyl sites for hydroxylation is 2. The standard InChI is InChI=1S/C16H18F2N2S/c1-9(2)19-15(10-6-11(17)8-12(18)7-10)16-20-13-4-3-5-14(13)21-16/h6-9,15,19H,3-5H2,1-2H3. The van der Waals surface area contributed by atoms with Crippen molar-refractivity contribution in [3.63, 3.8) is 0 Å². The minimum Gasteiger partial charge on any atom is -0.302 e. The Hall–Kier alpha value is -1.33. The Labute approximate surface area is 127 Å². The Morgan fingerprint density at radius 1 is 1.14 bits per heavy atom. The lowest BCUT2D eigenvalue weighted by atomic mass is 10.1. The van der Waals surface area contributed by atoms with E-state index in [0.29, 0.717) is 5.56 Å². The van der Waals surface area contributed by atoms with Gasteiger partial charge in [-0.3, -0.25) is 0 Å². The molecule has 2 aromatic rings. The highest BCUT2D eigenvalue weighted by Crippen LogP contribution is 2.33. The zero-order chi connectivity index (χ0) is 15.0. The van der Waals surface area contributed by atoms with E-state index in [0.717, 1.165) is 36.0 Å². The predicted octanol–water partition coefficient (Wildman–Crippen LogP) is 4.00. The van der Waals surface area contributed by atoms with Gasteiger partial charge in [-0.1, -0.05) is 0 Å². The highest BCUT2D eigenvalue weighted by Gasteiger charge is 2.24. The van der Waals surface area contributed by atoms with Crippen LogP contribution in [0.15, 0.2) is 18.2 Å². The van der Waals surface area contributed by atoms with E-state index in [-0.39, 0.29) is 12.1 Å². The fourth-order valence-electron chi connectivity index (χ4n) is 2.72. The summed E-state index contributed by atoms with van der Waals surface area (Å²) in [4.78, 5) is 6.01. The molecule has 1 unspecified atom stereocenters. The normalized spacial score (nSPS) is 15.5. The summed E-state index contributed by atoms with van der Waals surface area (Å²) in [6.45, 7) is 4.04. The van der Waals surface area contributed by atoms with Crippen LogP contribution in [-0.2, 0) is 12.8 Å². The molecule has 0 radical (unpaired) electrons. The van der Waals surface area contributed by atoms with E-state index in [1.165, 1.54) is 17.0 Å². The lowest BCUT2D eigenvalue weighted by Gasteiger charge is -2.20. The van der Waals surface area contributed by atoms with E-state index in [2.05, 4.69) is 5.32 Å². The number of benzene rings is 1. The van der Waals surface area contributed by atoms with Crippen LogP contribution in [0.4, 0.5) is 8.78 Å². The molecule has 0 saturated carbocycles. The number of thiazole rings is 1. The third-order valence-electron chi connectivity index (χ3n) is 3.58. The minimum absolute atomic E-state index is 0.195. The van der Waals surface area contributed by atoms with Crippen LogP contribution in [0.3, 0.4) is 0 Å². The van der Waals surface area contributed by atoms with Crippen molar-refractivity contribution in [3.8, 4) is 0 Å². The first kappa shape index (κ1) is 14.6. The van der Waals surface area contributed by atoms with Crippen molar-refractivity contribution in [2.45, 2.75) is 45.2 Å². The lowest BCUT2D eigenvalue weighted by molar-refractivity contribution is 0.515. The van der Waals surface area contributed by atoms with Gasteiger partial charge in [0.2, 0.25) is 0 Å². The van der Waals surface area contributed by atoms with Crippen molar-refractivity contribution in [1.29, 1.82) is 0 Å². The molecule has 0 aliphatic heterocycles. The maximum atomic E-state index is 13.5. The Morgan fingerprint density at radius 2 is 1.86 bits per heavy atom. The number of fused-ring (bicyclic) bond motifs is 1. The van der Waals surface area contributed by atoms with Gasteiger partial charge in [0.05, 0.1) is 11.7 Å². The predicted molar refractivity (Wildman–Crippen MR) is 80.6 cm³/mol. The fourth-order valence-corrected chi connectivity index (χ4v) is 3.96. The zero-order valence-electron chi connectivity index (χ0n) is 12.1. The smallest absolute Gasteiger partial charge is 0.126 e. The topological polar surface area (TPSA) is 24.9 Å². The Kier molecular flexibility index (Phi) is 4.04. The largest absolute Gasteiger partial charge is 0.302 e. The number of aromatic nitrogens is 1. The molecule has 21 heavy (non-hydrogen) atoms. The fraction of sp³-hybridized carbons (Fsp3) is 0.438. The second-order valence-electron chi connectivity index (χ2n) is 5.73. The van der Waals surface area contributed by atoms with Crippen LogP contribution >= 0.6 is 11.3 Å². The molecule has 1 aliphatic carbocycles. The molecule has 1 aliphatic rings. The molecule has 1 aromatic carbocycles. The summed E-state index contributed by atoms with van der Waals surface area (Å²) in [5.74, 6) is -1.10. The van der Waals surface area contributed by atoms with E-state index in [9.17, 15) is 8.78 Å². The summed E-state index contributed by atoms with van der Waals surface area (Å²) in [7, 11) is 0. The van der Waals surface area contributed by atoms with Gasteiger partial charge in [-0.25, -0.2) is 13.8 Å². The van der Waals surface area contributed by atoms with Crippen LogP contribution in [0.25, 0.3) is 0 Å². The molecule has 112 valence electrons. The average Bonchev–Trinajstić information content (AvgIpc) is 2.94. The SMILES string of the molecule is CC(C)NC(c1cc(F)cc(F)c1)c1nc2c(s1)CCC2.